The fraction of sp³-hybridized carbons (Fsp3) is 0.667. The molecular weight excluding hydrogens is 301 g/mol. The van der Waals surface area contributed by atoms with Crippen molar-refractivity contribution in [3.8, 4) is 0 Å². The molecule has 0 saturated carbocycles. The van der Waals surface area contributed by atoms with E-state index in [1.807, 2.05) is 32.8 Å². The standard InChI is InChI=1S/C16H25F3N2.C2H6/c1-5-8-20(3)9-10-21(4)12-14-7-6-13(2)11-15(14)16(17,18)19;1-2/h6-7,11H,5,8-10,12H2,1-4H3;1-2H3. The number of likely N-dealkylation sites (N-methyl/N-ethyl adjacent to an activating group) is 2. The van der Waals surface area contributed by atoms with Gasteiger partial charge in [0.15, 0.2) is 0 Å². The fourth-order valence-corrected chi connectivity index (χ4v) is 2.30. The molecule has 0 saturated heterocycles. The van der Waals surface area contributed by atoms with Crippen molar-refractivity contribution in [3.05, 3.63) is 34.9 Å². The van der Waals surface area contributed by atoms with Crippen LogP contribution in [-0.4, -0.2) is 43.5 Å². The Balaban J connectivity index is 0.00000232. The van der Waals surface area contributed by atoms with E-state index in [2.05, 4.69) is 11.8 Å². The maximum atomic E-state index is 13.1. The van der Waals surface area contributed by atoms with Gasteiger partial charge in [0.2, 0.25) is 0 Å². The van der Waals surface area contributed by atoms with Crippen LogP contribution in [0.4, 0.5) is 13.2 Å². The average Bonchev–Trinajstić information content (AvgIpc) is 2.48. The van der Waals surface area contributed by atoms with E-state index in [0.29, 0.717) is 17.7 Å². The first-order valence-electron chi connectivity index (χ1n) is 8.27. The Morgan fingerprint density at radius 3 is 2.04 bits per heavy atom. The van der Waals surface area contributed by atoms with E-state index in [0.717, 1.165) is 26.1 Å². The molecule has 0 heterocycles. The molecule has 1 aromatic carbocycles. The number of halogens is 3. The predicted molar refractivity (Wildman–Crippen MR) is 91.7 cm³/mol. The second kappa shape index (κ2) is 10.7. The summed E-state index contributed by atoms with van der Waals surface area (Å²) in [5.41, 5.74) is 0.460. The van der Waals surface area contributed by atoms with Crippen LogP contribution in [0.5, 0.6) is 0 Å². The Kier molecular flexibility index (Phi) is 10.2. The number of hydrogen-bond acceptors (Lipinski definition) is 2. The van der Waals surface area contributed by atoms with Gasteiger partial charge in [0, 0.05) is 19.6 Å². The molecule has 0 bridgehead atoms. The van der Waals surface area contributed by atoms with Crippen molar-refractivity contribution in [2.75, 3.05) is 33.7 Å². The topological polar surface area (TPSA) is 6.48 Å². The van der Waals surface area contributed by atoms with E-state index in [9.17, 15) is 13.2 Å². The molecule has 0 spiro atoms. The maximum absolute atomic E-state index is 13.1. The van der Waals surface area contributed by atoms with Crippen LogP contribution in [0.1, 0.15) is 43.9 Å². The van der Waals surface area contributed by atoms with Crippen molar-refractivity contribution in [2.24, 2.45) is 0 Å². The Bertz CT molecular complexity index is 444. The van der Waals surface area contributed by atoms with Crippen LogP contribution in [0.3, 0.4) is 0 Å². The molecule has 0 fully saturated rings. The normalized spacial score (nSPS) is 11.6. The fourth-order valence-electron chi connectivity index (χ4n) is 2.30. The lowest BCUT2D eigenvalue weighted by Crippen LogP contribution is -2.31. The minimum atomic E-state index is -4.29. The highest BCUT2D eigenvalue weighted by atomic mass is 19.4. The Morgan fingerprint density at radius 2 is 1.52 bits per heavy atom. The lowest BCUT2D eigenvalue weighted by Gasteiger charge is -2.23. The summed E-state index contributed by atoms with van der Waals surface area (Å²) in [4.78, 5) is 4.13. The molecule has 2 nitrogen and oxygen atoms in total. The summed E-state index contributed by atoms with van der Waals surface area (Å²) in [6.07, 6.45) is -3.21. The third-order valence-electron chi connectivity index (χ3n) is 3.48. The smallest absolute Gasteiger partial charge is 0.305 e. The van der Waals surface area contributed by atoms with Crippen molar-refractivity contribution in [3.63, 3.8) is 0 Å². The minimum Gasteiger partial charge on any atom is -0.305 e. The summed E-state index contributed by atoms with van der Waals surface area (Å²) < 4.78 is 39.2. The highest BCUT2D eigenvalue weighted by Crippen LogP contribution is 2.33. The van der Waals surface area contributed by atoms with E-state index in [-0.39, 0.29) is 0 Å². The van der Waals surface area contributed by atoms with Gasteiger partial charge in [-0.25, -0.2) is 0 Å². The van der Waals surface area contributed by atoms with Crippen molar-refractivity contribution in [1.82, 2.24) is 9.80 Å². The highest BCUT2D eigenvalue weighted by Gasteiger charge is 2.33. The van der Waals surface area contributed by atoms with Crippen molar-refractivity contribution in [1.29, 1.82) is 0 Å². The number of hydrogen-bond donors (Lipinski definition) is 0. The minimum absolute atomic E-state index is 0.315. The Morgan fingerprint density at radius 1 is 0.957 bits per heavy atom. The predicted octanol–water partition coefficient (Wildman–Crippen LogP) is 4.81. The summed E-state index contributed by atoms with van der Waals surface area (Å²) in [6, 6.07) is 4.55. The van der Waals surface area contributed by atoms with Gasteiger partial charge >= 0.3 is 6.18 Å². The Hall–Kier alpha value is -1.07. The van der Waals surface area contributed by atoms with Crippen LogP contribution < -0.4 is 0 Å². The van der Waals surface area contributed by atoms with Crippen molar-refractivity contribution >= 4 is 0 Å². The molecule has 134 valence electrons. The molecule has 0 atom stereocenters. The van der Waals surface area contributed by atoms with Gasteiger partial charge < -0.3 is 9.80 Å². The van der Waals surface area contributed by atoms with Crippen LogP contribution in [0.2, 0.25) is 0 Å². The third-order valence-corrected chi connectivity index (χ3v) is 3.48. The molecule has 0 radical (unpaired) electrons. The Labute approximate surface area is 139 Å². The molecule has 0 N–H and O–H groups in total. The van der Waals surface area contributed by atoms with Gasteiger partial charge in [0.1, 0.15) is 0 Å². The van der Waals surface area contributed by atoms with Gasteiger partial charge in [-0.1, -0.05) is 38.5 Å². The van der Waals surface area contributed by atoms with Gasteiger partial charge in [-0.05, 0) is 45.6 Å². The van der Waals surface area contributed by atoms with Gasteiger partial charge in [-0.15, -0.1) is 0 Å². The first-order chi connectivity index (χ1) is 10.7. The zero-order valence-corrected chi connectivity index (χ0v) is 15.3. The molecule has 23 heavy (non-hydrogen) atoms. The lowest BCUT2D eigenvalue weighted by atomic mass is 10.0. The number of rotatable bonds is 7. The van der Waals surface area contributed by atoms with Crippen molar-refractivity contribution in [2.45, 2.75) is 46.8 Å². The van der Waals surface area contributed by atoms with Crippen LogP contribution in [-0.2, 0) is 12.7 Å². The number of alkyl halides is 3. The van der Waals surface area contributed by atoms with E-state index >= 15 is 0 Å². The van der Waals surface area contributed by atoms with Crippen molar-refractivity contribution < 1.29 is 13.2 Å². The van der Waals surface area contributed by atoms with E-state index in [1.165, 1.54) is 6.07 Å². The summed E-state index contributed by atoms with van der Waals surface area (Å²) >= 11 is 0. The summed E-state index contributed by atoms with van der Waals surface area (Å²) in [7, 11) is 3.89. The molecule has 5 heteroatoms. The van der Waals surface area contributed by atoms with Gasteiger partial charge in [0.05, 0.1) is 5.56 Å². The molecule has 0 unspecified atom stereocenters. The number of nitrogens with zero attached hydrogens (tertiary/aromatic N) is 2. The van der Waals surface area contributed by atoms with E-state index in [4.69, 9.17) is 0 Å². The molecule has 0 aliphatic heterocycles. The maximum Gasteiger partial charge on any atom is 0.416 e. The summed E-state index contributed by atoms with van der Waals surface area (Å²) in [5, 5.41) is 0. The zero-order chi connectivity index (χ0) is 18.0. The van der Waals surface area contributed by atoms with Crippen LogP contribution >= 0.6 is 0 Å². The van der Waals surface area contributed by atoms with Crippen LogP contribution in [0.25, 0.3) is 0 Å². The largest absolute Gasteiger partial charge is 0.416 e. The molecular formula is C18H31F3N2. The van der Waals surface area contributed by atoms with E-state index < -0.39 is 11.7 Å². The van der Waals surface area contributed by atoms with E-state index in [1.54, 1.807) is 19.1 Å². The highest BCUT2D eigenvalue weighted by molar-refractivity contribution is 5.33. The zero-order valence-electron chi connectivity index (χ0n) is 15.3. The van der Waals surface area contributed by atoms with Gasteiger partial charge in [-0.2, -0.15) is 13.2 Å². The average molecular weight is 332 g/mol. The second-order valence-electron chi connectivity index (χ2n) is 5.70. The molecule has 0 aliphatic rings. The monoisotopic (exact) mass is 332 g/mol. The molecule has 1 rings (SSSR count). The first kappa shape index (κ1) is 21.9. The molecule has 1 aromatic rings. The van der Waals surface area contributed by atoms with Crippen LogP contribution in [0.15, 0.2) is 18.2 Å². The third kappa shape index (κ3) is 8.37. The molecule has 0 amide bonds. The number of aryl methyl sites for hydroxylation is 1. The van der Waals surface area contributed by atoms with Gasteiger partial charge in [0.25, 0.3) is 0 Å². The quantitative estimate of drug-likeness (QED) is 0.707. The lowest BCUT2D eigenvalue weighted by molar-refractivity contribution is -0.138. The molecule has 0 aromatic heterocycles. The molecule has 0 aliphatic carbocycles. The first-order valence-corrected chi connectivity index (χ1v) is 8.27. The SMILES string of the molecule is CC.CCCN(C)CCN(C)Cc1ccc(C)cc1C(F)(F)F. The van der Waals surface area contributed by atoms with Gasteiger partial charge in [-0.3, -0.25) is 0 Å². The second-order valence-corrected chi connectivity index (χ2v) is 5.70. The number of benzene rings is 1. The summed E-state index contributed by atoms with van der Waals surface area (Å²) in [6.45, 7) is 10.7. The van der Waals surface area contributed by atoms with Crippen LogP contribution in [0, 0.1) is 6.92 Å². The summed E-state index contributed by atoms with van der Waals surface area (Å²) in [5.74, 6) is 0.